The van der Waals surface area contributed by atoms with Crippen molar-refractivity contribution in [2.45, 2.75) is 6.54 Å². The number of hydrogen-bond donors (Lipinski definition) is 0. The molecule has 150 valence electrons. The molecular formula is C25H22FN3O. The Morgan fingerprint density at radius 3 is 2.60 bits per heavy atom. The molecule has 5 rings (SSSR count). The second kappa shape index (κ2) is 7.43. The van der Waals surface area contributed by atoms with Gasteiger partial charge < -0.3 is 9.80 Å². The zero-order valence-electron chi connectivity index (χ0n) is 16.8. The fourth-order valence-electron chi connectivity index (χ4n) is 4.18. The number of rotatable bonds is 2. The molecule has 0 aliphatic carbocycles. The van der Waals surface area contributed by atoms with Gasteiger partial charge in [-0.05, 0) is 66.5 Å². The van der Waals surface area contributed by atoms with Gasteiger partial charge >= 0.3 is 0 Å². The number of hydrogen-bond acceptors (Lipinski definition) is 3. The van der Waals surface area contributed by atoms with E-state index in [9.17, 15) is 9.18 Å². The molecular weight excluding hydrogens is 377 g/mol. The zero-order chi connectivity index (χ0) is 20.7. The molecule has 0 amide bonds. The monoisotopic (exact) mass is 399 g/mol. The van der Waals surface area contributed by atoms with Gasteiger partial charge in [0.15, 0.2) is 0 Å². The predicted molar refractivity (Wildman–Crippen MR) is 119 cm³/mol. The molecule has 1 aromatic heterocycles. The van der Waals surface area contributed by atoms with E-state index in [0.29, 0.717) is 5.39 Å². The number of aromatic nitrogens is 1. The minimum Gasteiger partial charge on any atom is -0.340 e. The number of fused-ring (bicyclic) bond motifs is 2. The van der Waals surface area contributed by atoms with Crippen molar-refractivity contribution in [1.29, 1.82) is 0 Å². The Balaban J connectivity index is 1.62. The maximum absolute atomic E-state index is 14.1. The first kappa shape index (κ1) is 18.6. The van der Waals surface area contributed by atoms with Gasteiger partial charge in [-0.3, -0.25) is 9.36 Å². The highest BCUT2D eigenvalue weighted by Gasteiger charge is 2.20. The zero-order valence-corrected chi connectivity index (χ0v) is 16.8. The van der Waals surface area contributed by atoms with Gasteiger partial charge in [0.05, 0.1) is 0 Å². The summed E-state index contributed by atoms with van der Waals surface area (Å²) in [6.07, 6.45) is 1.79. The summed E-state index contributed by atoms with van der Waals surface area (Å²) in [7, 11) is 2.10. The Morgan fingerprint density at radius 1 is 0.867 bits per heavy atom. The summed E-state index contributed by atoms with van der Waals surface area (Å²) in [5.74, 6) is -0.201. The van der Waals surface area contributed by atoms with Gasteiger partial charge in [-0.2, -0.15) is 0 Å². The Morgan fingerprint density at radius 2 is 1.73 bits per heavy atom. The van der Waals surface area contributed by atoms with Crippen LogP contribution in [0.15, 0.2) is 83.8 Å². The molecule has 1 aliphatic rings. The van der Waals surface area contributed by atoms with Crippen LogP contribution in [0.1, 0.15) is 5.56 Å². The highest BCUT2D eigenvalue weighted by atomic mass is 19.1. The van der Waals surface area contributed by atoms with Crippen molar-refractivity contribution < 1.29 is 4.39 Å². The third kappa shape index (κ3) is 3.27. The lowest BCUT2D eigenvalue weighted by Gasteiger charge is -2.26. The Labute approximate surface area is 174 Å². The molecule has 4 aromatic rings. The summed E-state index contributed by atoms with van der Waals surface area (Å²) in [5.41, 5.74) is 4.11. The Bertz CT molecular complexity index is 1300. The highest BCUT2D eigenvalue weighted by Crippen LogP contribution is 2.34. The summed E-state index contributed by atoms with van der Waals surface area (Å²) in [4.78, 5) is 16.8. The van der Waals surface area contributed by atoms with Crippen molar-refractivity contribution in [3.8, 4) is 5.69 Å². The van der Waals surface area contributed by atoms with Crippen LogP contribution in [-0.2, 0) is 6.54 Å². The molecule has 0 atom stereocenters. The van der Waals surface area contributed by atoms with Gasteiger partial charge in [-0.15, -0.1) is 0 Å². The van der Waals surface area contributed by atoms with Crippen molar-refractivity contribution in [3.05, 3.63) is 101 Å². The summed E-state index contributed by atoms with van der Waals surface area (Å²) >= 11 is 0. The number of benzene rings is 3. The van der Waals surface area contributed by atoms with E-state index in [1.807, 2.05) is 36.4 Å². The van der Waals surface area contributed by atoms with Gasteiger partial charge in [-0.1, -0.05) is 18.2 Å². The van der Waals surface area contributed by atoms with Crippen molar-refractivity contribution in [2.24, 2.45) is 0 Å². The van der Waals surface area contributed by atoms with Crippen LogP contribution in [0.3, 0.4) is 0 Å². The number of halogens is 1. The topological polar surface area (TPSA) is 28.5 Å². The van der Waals surface area contributed by atoms with Crippen LogP contribution in [0.2, 0.25) is 0 Å². The maximum Gasteiger partial charge on any atom is 0.255 e. The van der Waals surface area contributed by atoms with Crippen LogP contribution in [0.25, 0.3) is 16.5 Å². The quantitative estimate of drug-likeness (QED) is 0.489. The SMILES string of the molecule is CN1CCN(c2ccc3c(F)cccc3c2)c2ccc(-n3ccccc3=O)cc2C1. The first-order valence-electron chi connectivity index (χ1n) is 10.1. The number of anilines is 2. The third-order valence-corrected chi connectivity index (χ3v) is 5.72. The Kier molecular flexibility index (Phi) is 4.60. The molecule has 30 heavy (non-hydrogen) atoms. The van der Waals surface area contributed by atoms with Gasteiger partial charge in [0, 0.05) is 54.3 Å². The first-order chi connectivity index (χ1) is 14.6. The summed E-state index contributed by atoms with van der Waals surface area (Å²) in [5, 5.41) is 1.52. The number of nitrogens with zero attached hydrogens (tertiary/aromatic N) is 3. The molecule has 2 heterocycles. The molecule has 0 fully saturated rings. The van der Waals surface area contributed by atoms with E-state index in [1.54, 1.807) is 29.0 Å². The molecule has 0 bridgehead atoms. The maximum atomic E-state index is 14.1. The summed E-state index contributed by atoms with van der Waals surface area (Å²) in [6.45, 7) is 2.52. The van der Waals surface area contributed by atoms with E-state index >= 15 is 0 Å². The molecule has 3 aromatic carbocycles. The van der Waals surface area contributed by atoms with Crippen LogP contribution in [-0.4, -0.2) is 29.6 Å². The number of likely N-dealkylation sites (N-methyl/N-ethyl adjacent to an activating group) is 1. The molecule has 0 spiro atoms. The van der Waals surface area contributed by atoms with Crippen molar-refractivity contribution >= 4 is 22.1 Å². The highest BCUT2D eigenvalue weighted by molar-refractivity contribution is 5.87. The van der Waals surface area contributed by atoms with Crippen LogP contribution in [0, 0.1) is 5.82 Å². The lowest BCUT2D eigenvalue weighted by atomic mass is 10.1. The minimum absolute atomic E-state index is 0.0483. The molecule has 5 heteroatoms. The van der Waals surface area contributed by atoms with Crippen LogP contribution in [0.5, 0.6) is 0 Å². The minimum atomic E-state index is -0.201. The molecule has 4 nitrogen and oxygen atoms in total. The largest absolute Gasteiger partial charge is 0.340 e. The van der Waals surface area contributed by atoms with Crippen molar-refractivity contribution in [1.82, 2.24) is 9.47 Å². The smallest absolute Gasteiger partial charge is 0.255 e. The lowest BCUT2D eigenvalue weighted by molar-refractivity contribution is 0.343. The second-order valence-electron chi connectivity index (χ2n) is 7.76. The lowest BCUT2D eigenvalue weighted by Crippen LogP contribution is -2.26. The average molecular weight is 399 g/mol. The normalized spacial score (nSPS) is 14.5. The molecule has 0 saturated carbocycles. The summed E-state index contributed by atoms with van der Waals surface area (Å²) < 4.78 is 15.8. The molecule has 1 aliphatic heterocycles. The van der Waals surface area contributed by atoms with Crippen LogP contribution in [0.4, 0.5) is 15.8 Å². The first-order valence-corrected chi connectivity index (χ1v) is 10.1. The van der Waals surface area contributed by atoms with Gasteiger partial charge in [0.2, 0.25) is 0 Å². The Hall–Kier alpha value is -3.44. The molecule has 0 unspecified atom stereocenters. The van der Waals surface area contributed by atoms with E-state index in [1.165, 1.54) is 6.07 Å². The second-order valence-corrected chi connectivity index (χ2v) is 7.76. The van der Waals surface area contributed by atoms with E-state index in [-0.39, 0.29) is 11.4 Å². The van der Waals surface area contributed by atoms with E-state index in [2.05, 4.69) is 29.0 Å². The van der Waals surface area contributed by atoms with Crippen molar-refractivity contribution in [3.63, 3.8) is 0 Å². The van der Waals surface area contributed by atoms with E-state index < -0.39 is 0 Å². The fraction of sp³-hybridized carbons (Fsp3) is 0.160. The molecule has 0 saturated heterocycles. The number of pyridine rings is 1. The third-order valence-electron chi connectivity index (χ3n) is 5.72. The van der Waals surface area contributed by atoms with E-state index in [0.717, 1.165) is 47.6 Å². The van der Waals surface area contributed by atoms with Gasteiger partial charge in [-0.25, -0.2) is 4.39 Å². The fourth-order valence-corrected chi connectivity index (χ4v) is 4.18. The predicted octanol–water partition coefficient (Wildman–Crippen LogP) is 4.71. The standard InChI is InChI=1S/C25H22FN3O/c1-27-13-14-28(20-8-10-22-18(15-20)5-4-6-23(22)26)24-11-9-21(16-19(24)17-27)29-12-3-2-7-25(29)30/h2-12,15-16H,13-14,17H2,1H3. The van der Waals surface area contributed by atoms with Gasteiger partial charge in [0.1, 0.15) is 5.82 Å². The van der Waals surface area contributed by atoms with Crippen molar-refractivity contribution in [2.75, 3.05) is 25.0 Å². The molecule has 0 N–H and O–H groups in total. The summed E-state index contributed by atoms with van der Waals surface area (Å²) in [6, 6.07) is 22.4. The van der Waals surface area contributed by atoms with Crippen LogP contribution < -0.4 is 10.5 Å². The van der Waals surface area contributed by atoms with E-state index in [4.69, 9.17) is 0 Å². The molecule has 0 radical (unpaired) electrons. The van der Waals surface area contributed by atoms with Gasteiger partial charge in [0.25, 0.3) is 5.56 Å². The van der Waals surface area contributed by atoms with Crippen LogP contribution >= 0.6 is 0 Å². The average Bonchev–Trinajstić information content (AvgIpc) is 2.91.